The largest absolute Gasteiger partial charge is 0.394 e. The number of nitrogens with two attached hydrogens (primary N) is 1. The third kappa shape index (κ3) is 3.75. The minimum atomic E-state index is -0.296. The molecule has 2 aliphatic rings. The zero-order valence-corrected chi connectivity index (χ0v) is 13.7. The van der Waals surface area contributed by atoms with E-state index < -0.39 is 0 Å². The fraction of sp³-hybridized carbons (Fsp3) is 1.00. The fourth-order valence-electron chi connectivity index (χ4n) is 4.18. The zero-order valence-electron chi connectivity index (χ0n) is 13.7. The summed E-state index contributed by atoms with van der Waals surface area (Å²) in [5.41, 5.74) is 6.59. The molecule has 20 heavy (non-hydrogen) atoms. The van der Waals surface area contributed by atoms with E-state index in [1.54, 1.807) is 0 Å². The van der Waals surface area contributed by atoms with Gasteiger partial charge in [0.05, 0.1) is 6.61 Å². The second-order valence-corrected chi connectivity index (χ2v) is 8.15. The first-order valence-electron chi connectivity index (χ1n) is 8.46. The van der Waals surface area contributed by atoms with Crippen molar-refractivity contribution in [2.45, 2.75) is 76.8 Å². The Bertz CT molecular complexity index is 308. The molecule has 0 aliphatic heterocycles. The van der Waals surface area contributed by atoms with Crippen molar-refractivity contribution >= 4 is 0 Å². The predicted molar refractivity (Wildman–Crippen MR) is 84.6 cm³/mol. The summed E-state index contributed by atoms with van der Waals surface area (Å²) in [5.74, 6) is 0.509. The van der Waals surface area contributed by atoms with E-state index in [2.05, 4.69) is 25.8 Å². The van der Waals surface area contributed by atoms with Gasteiger partial charge in [-0.15, -0.1) is 0 Å². The monoisotopic (exact) mass is 282 g/mol. The van der Waals surface area contributed by atoms with Gasteiger partial charge in [-0.2, -0.15) is 0 Å². The fourth-order valence-corrected chi connectivity index (χ4v) is 4.18. The summed E-state index contributed by atoms with van der Waals surface area (Å²) in [6.07, 6.45) is 9.89. The van der Waals surface area contributed by atoms with Gasteiger partial charge in [-0.05, 0) is 69.9 Å². The molecule has 0 spiro atoms. The average Bonchev–Trinajstić information content (AvgIpc) is 2.78. The van der Waals surface area contributed by atoms with Gasteiger partial charge in [0.25, 0.3) is 0 Å². The van der Waals surface area contributed by atoms with Crippen LogP contribution in [-0.4, -0.2) is 41.8 Å². The molecule has 2 unspecified atom stereocenters. The molecular formula is C17H34N2O. The Morgan fingerprint density at radius 2 is 1.80 bits per heavy atom. The Morgan fingerprint density at radius 1 is 1.15 bits per heavy atom. The van der Waals surface area contributed by atoms with Crippen LogP contribution in [0.2, 0.25) is 0 Å². The molecule has 2 atom stereocenters. The highest BCUT2D eigenvalue weighted by molar-refractivity contribution is 4.96. The average molecular weight is 282 g/mol. The number of rotatable bonds is 5. The molecule has 3 nitrogen and oxygen atoms in total. The van der Waals surface area contributed by atoms with Gasteiger partial charge in [0.2, 0.25) is 0 Å². The number of aliphatic hydroxyl groups is 1. The lowest BCUT2D eigenvalue weighted by Gasteiger charge is -2.39. The zero-order chi connectivity index (χ0) is 14.8. The molecule has 2 saturated carbocycles. The molecule has 2 aliphatic carbocycles. The standard InChI is InChI=1S/C17H34N2O/c1-16(2)10-6-15(7-11-16)19(3)12-8-14-5-4-9-17(14,18)13-20/h14-15,20H,4-13,18H2,1-3H3. The molecule has 0 aromatic heterocycles. The summed E-state index contributed by atoms with van der Waals surface area (Å²) in [5, 5.41) is 9.53. The number of aliphatic hydroxyl groups excluding tert-OH is 1. The normalized spacial score (nSPS) is 34.8. The molecule has 0 saturated heterocycles. The maximum atomic E-state index is 9.53. The van der Waals surface area contributed by atoms with Crippen LogP contribution < -0.4 is 5.73 Å². The van der Waals surface area contributed by atoms with Crippen LogP contribution in [0.4, 0.5) is 0 Å². The smallest absolute Gasteiger partial charge is 0.0613 e. The first kappa shape index (κ1) is 16.3. The second-order valence-electron chi connectivity index (χ2n) is 8.15. The van der Waals surface area contributed by atoms with Crippen molar-refractivity contribution in [3.05, 3.63) is 0 Å². The van der Waals surface area contributed by atoms with Crippen molar-refractivity contribution in [1.29, 1.82) is 0 Å². The lowest BCUT2D eigenvalue weighted by atomic mass is 9.75. The van der Waals surface area contributed by atoms with Crippen LogP contribution in [0.25, 0.3) is 0 Å². The van der Waals surface area contributed by atoms with Crippen LogP contribution in [0.1, 0.15) is 65.2 Å². The van der Waals surface area contributed by atoms with Gasteiger partial charge < -0.3 is 15.7 Å². The highest BCUT2D eigenvalue weighted by atomic mass is 16.3. The van der Waals surface area contributed by atoms with E-state index in [1.165, 1.54) is 38.5 Å². The predicted octanol–water partition coefficient (Wildman–Crippen LogP) is 2.77. The molecule has 0 aromatic carbocycles. The van der Waals surface area contributed by atoms with E-state index in [-0.39, 0.29) is 12.1 Å². The molecule has 2 fully saturated rings. The van der Waals surface area contributed by atoms with Crippen molar-refractivity contribution in [3.8, 4) is 0 Å². The Hall–Kier alpha value is -0.120. The summed E-state index contributed by atoms with van der Waals surface area (Å²) in [6.45, 7) is 6.07. The van der Waals surface area contributed by atoms with Gasteiger partial charge in [0, 0.05) is 11.6 Å². The Labute approximate surface area is 124 Å². The minimum absolute atomic E-state index is 0.152. The lowest BCUT2D eigenvalue weighted by Crippen LogP contribution is -2.48. The van der Waals surface area contributed by atoms with Gasteiger partial charge in [-0.1, -0.05) is 20.3 Å². The molecule has 0 heterocycles. The van der Waals surface area contributed by atoms with E-state index in [4.69, 9.17) is 5.73 Å². The molecule has 0 aromatic rings. The Balaban J connectivity index is 1.77. The maximum Gasteiger partial charge on any atom is 0.0613 e. The first-order chi connectivity index (χ1) is 9.36. The quantitative estimate of drug-likeness (QED) is 0.815. The number of nitrogens with zero attached hydrogens (tertiary/aromatic N) is 1. The maximum absolute atomic E-state index is 9.53. The third-order valence-corrected chi connectivity index (χ3v) is 6.06. The van der Waals surface area contributed by atoms with Crippen molar-refractivity contribution < 1.29 is 5.11 Å². The second kappa shape index (κ2) is 6.33. The number of hydrogen-bond donors (Lipinski definition) is 2. The molecule has 0 bridgehead atoms. The summed E-state index contributed by atoms with van der Waals surface area (Å²) < 4.78 is 0. The van der Waals surface area contributed by atoms with Crippen molar-refractivity contribution in [2.24, 2.45) is 17.1 Å². The highest BCUT2D eigenvalue weighted by Crippen LogP contribution is 2.38. The summed E-state index contributed by atoms with van der Waals surface area (Å²) in [7, 11) is 2.27. The van der Waals surface area contributed by atoms with E-state index in [0.29, 0.717) is 11.3 Å². The van der Waals surface area contributed by atoms with Gasteiger partial charge in [-0.25, -0.2) is 0 Å². The van der Waals surface area contributed by atoms with E-state index >= 15 is 0 Å². The SMILES string of the molecule is CN(CCC1CCCC1(N)CO)C1CCC(C)(C)CC1. The Kier molecular flexibility index (Phi) is 5.14. The molecule has 2 rings (SSSR count). The van der Waals surface area contributed by atoms with Crippen molar-refractivity contribution in [3.63, 3.8) is 0 Å². The van der Waals surface area contributed by atoms with Crippen LogP contribution in [-0.2, 0) is 0 Å². The lowest BCUT2D eigenvalue weighted by molar-refractivity contribution is 0.108. The molecular weight excluding hydrogens is 248 g/mol. The number of hydrogen-bond acceptors (Lipinski definition) is 3. The van der Waals surface area contributed by atoms with E-state index in [9.17, 15) is 5.11 Å². The van der Waals surface area contributed by atoms with Crippen LogP contribution >= 0.6 is 0 Å². The summed E-state index contributed by atoms with van der Waals surface area (Å²) in [4.78, 5) is 2.55. The summed E-state index contributed by atoms with van der Waals surface area (Å²) >= 11 is 0. The van der Waals surface area contributed by atoms with E-state index in [1.807, 2.05) is 0 Å². The third-order valence-electron chi connectivity index (χ3n) is 6.06. The van der Waals surface area contributed by atoms with Crippen LogP contribution in [0, 0.1) is 11.3 Å². The topological polar surface area (TPSA) is 49.5 Å². The van der Waals surface area contributed by atoms with Crippen molar-refractivity contribution in [2.75, 3.05) is 20.2 Å². The van der Waals surface area contributed by atoms with Crippen molar-refractivity contribution in [1.82, 2.24) is 4.90 Å². The molecule has 3 heteroatoms. The van der Waals surface area contributed by atoms with Crippen LogP contribution in [0.15, 0.2) is 0 Å². The molecule has 118 valence electrons. The van der Waals surface area contributed by atoms with Gasteiger partial charge in [0.15, 0.2) is 0 Å². The van der Waals surface area contributed by atoms with E-state index in [0.717, 1.165) is 25.4 Å². The summed E-state index contributed by atoms with van der Waals surface area (Å²) in [6, 6.07) is 0.755. The minimum Gasteiger partial charge on any atom is -0.394 e. The molecule has 0 amide bonds. The Morgan fingerprint density at radius 3 is 2.40 bits per heavy atom. The van der Waals surface area contributed by atoms with Crippen LogP contribution in [0.3, 0.4) is 0 Å². The molecule has 0 radical (unpaired) electrons. The van der Waals surface area contributed by atoms with Gasteiger partial charge >= 0.3 is 0 Å². The highest BCUT2D eigenvalue weighted by Gasteiger charge is 2.39. The van der Waals surface area contributed by atoms with Crippen LogP contribution in [0.5, 0.6) is 0 Å². The van der Waals surface area contributed by atoms with Gasteiger partial charge in [-0.3, -0.25) is 0 Å². The molecule has 3 N–H and O–H groups in total. The van der Waals surface area contributed by atoms with Gasteiger partial charge in [0.1, 0.15) is 0 Å². The first-order valence-corrected chi connectivity index (χ1v) is 8.46.